The first-order valence-corrected chi connectivity index (χ1v) is 20.1. The van der Waals surface area contributed by atoms with Crippen molar-refractivity contribution < 1.29 is 15.0 Å². The number of hydrogen-bond donors (Lipinski definition) is 0. The quantitative estimate of drug-likeness (QED) is 0.135. The third-order valence-electron chi connectivity index (χ3n) is 5.04. The summed E-state index contributed by atoms with van der Waals surface area (Å²) in [5.74, 6) is 0.288. The molecule has 4 aromatic carbocycles. The molecule has 35 heavy (non-hydrogen) atoms. The van der Waals surface area contributed by atoms with E-state index in [9.17, 15) is 9.59 Å². The van der Waals surface area contributed by atoms with Gasteiger partial charge in [0.05, 0.1) is 0 Å². The van der Waals surface area contributed by atoms with Crippen LogP contribution in [0.2, 0.25) is 0 Å². The Morgan fingerprint density at radius 2 is 0.829 bits per heavy atom. The Kier molecular flexibility index (Phi) is 9.44. The Labute approximate surface area is 220 Å². The average Bonchev–Trinajstić information content (AvgIpc) is 2.92. The molecule has 0 amide bonds. The average molecular weight is 698 g/mol. The van der Waals surface area contributed by atoms with Gasteiger partial charge in [0.25, 0.3) is 0 Å². The van der Waals surface area contributed by atoms with Gasteiger partial charge in [0.1, 0.15) is 0 Å². The maximum atomic E-state index is 10.9. The molecule has 0 aliphatic carbocycles. The van der Waals surface area contributed by atoms with E-state index < -0.39 is 22.1 Å². The van der Waals surface area contributed by atoms with Crippen molar-refractivity contribution in [3.8, 4) is 0 Å². The zero-order valence-corrected chi connectivity index (χ0v) is 24.5. The molecule has 4 nitrogen and oxygen atoms in total. The molecule has 7 heteroatoms. The van der Waals surface area contributed by atoms with Crippen molar-refractivity contribution in [3.63, 3.8) is 0 Å². The van der Waals surface area contributed by atoms with Gasteiger partial charge in [-0.1, -0.05) is 0 Å². The first-order valence-electron chi connectivity index (χ1n) is 11.1. The molecule has 2 N–H and O–H groups in total. The minimum absolute atomic E-state index is 0.114. The van der Waals surface area contributed by atoms with Crippen LogP contribution in [0.1, 0.15) is 0 Å². The van der Waals surface area contributed by atoms with Gasteiger partial charge in [-0.15, -0.1) is 0 Å². The second-order valence-electron chi connectivity index (χ2n) is 7.54. The molecule has 0 saturated heterocycles. The molecule has 0 unspecified atom stereocenters. The predicted octanol–water partition coefficient (Wildman–Crippen LogP) is 4.87. The number of benzene rings is 4. The zero-order chi connectivity index (χ0) is 24.3. The van der Waals surface area contributed by atoms with Crippen molar-refractivity contribution in [2.24, 2.45) is 0 Å². The van der Waals surface area contributed by atoms with Crippen molar-refractivity contribution in [2.75, 3.05) is 11.5 Å². The number of rotatable bonds is 10. The van der Waals surface area contributed by atoms with Crippen LogP contribution in [0.3, 0.4) is 0 Å². The Morgan fingerprint density at radius 3 is 1.17 bits per heavy atom. The molecular formula is C28H26O4PbS2+2. The molecule has 0 fully saturated rings. The maximum absolute atomic E-state index is 10.9. The normalized spacial score (nSPS) is 11.0. The van der Waals surface area contributed by atoms with Crippen LogP contribution >= 0.6 is 23.5 Å². The van der Waals surface area contributed by atoms with Crippen molar-refractivity contribution in [3.05, 3.63) is 121 Å². The summed E-state index contributed by atoms with van der Waals surface area (Å²) >= 11 is -1.77. The van der Waals surface area contributed by atoms with E-state index in [2.05, 4.69) is 0 Å². The van der Waals surface area contributed by atoms with Gasteiger partial charge in [0, 0.05) is 0 Å². The van der Waals surface area contributed by atoms with Crippen molar-refractivity contribution >= 4 is 63.8 Å². The fourth-order valence-corrected chi connectivity index (χ4v) is 17.0. The summed E-state index contributed by atoms with van der Waals surface area (Å²) in [7, 11) is 0. The Balaban J connectivity index is 1.61. The predicted molar refractivity (Wildman–Crippen MR) is 148 cm³/mol. The Bertz CT molecular complexity index is 1120. The van der Waals surface area contributed by atoms with Gasteiger partial charge in [-0.05, 0) is 0 Å². The minimum atomic E-state index is -4.73. The van der Waals surface area contributed by atoms with Crippen molar-refractivity contribution in [2.45, 2.75) is 9.79 Å². The van der Waals surface area contributed by atoms with Gasteiger partial charge in [0.2, 0.25) is 0 Å². The van der Waals surface area contributed by atoms with Gasteiger partial charge in [-0.3, -0.25) is 0 Å². The van der Waals surface area contributed by atoms with Crippen LogP contribution in [0, 0.1) is 0 Å². The summed E-state index contributed by atoms with van der Waals surface area (Å²) in [5.41, 5.74) is 0. The number of hydrogen-bond acceptors (Lipinski definition) is 4. The fraction of sp³-hybridized carbons (Fsp3) is 0.0714. The summed E-state index contributed by atoms with van der Waals surface area (Å²) in [6, 6.07) is 39.0. The zero-order valence-electron chi connectivity index (χ0n) is 19.0. The van der Waals surface area contributed by atoms with Crippen LogP contribution in [0.25, 0.3) is 0 Å². The third kappa shape index (κ3) is 7.22. The molecule has 0 aliphatic rings. The molecule has 0 radical (unpaired) electrons. The van der Waals surface area contributed by atoms with Gasteiger partial charge < -0.3 is 0 Å². The van der Waals surface area contributed by atoms with Crippen LogP contribution in [0.15, 0.2) is 131 Å². The fourth-order valence-electron chi connectivity index (χ4n) is 3.45. The van der Waals surface area contributed by atoms with Crippen molar-refractivity contribution in [1.82, 2.24) is 0 Å². The molecule has 176 valence electrons. The van der Waals surface area contributed by atoms with E-state index in [0.717, 1.165) is 16.0 Å². The second kappa shape index (κ2) is 12.9. The molecule has 0 saturated carbocycles. The molecule has 0 spiro atoms. The molecule has 0 aliphatic heterocycles. The molecule has 4 aromatic rings. The number of carbonyl (C=O) groups excluding carboxylic acids is 2. The third-order valence-corrected chi connectivity index (χ3v) is 19.6. The summed E-state index contributed by atoms with van der Waals surface area (Å²) in [4.78, 5) is 23.9. The Hall–Kier alpha value is -2.56. The summed E-state index contributed by atoms with van der Waals surface area (Å²) in [6.07, 6.45) is 0. The Morgan fingerprint density at radius 1 is 0.514 bits per heavy atom. The van der Waals surface area contributed by atoms with Crippen LogP contribution in [-0.2, 0) is 5.37 Å². The summed E-state index contributed by atoms with van der Waals surface area (Å²) in [5, 5.41) is 0. The SMILES string of the molecule is [OH+]=C(CSc1ccccc1)[O][Pb]([O]C(=[OH+])CSc1ccccc1)([c]1ccccc1)[c]1ccccc1. The van der Waals surface area contributed by atoms with E-state index in [1.54, 1.807) is 0 Å². The van der Waals surface area contributed by atoms with Crippen LogP contribution < -0.4 is 6.25 Å². The second-order valence-corrected chi connectivity index (χ2v) is 20.5. The molecule has 0 heterocycles. The molecule has 0 atom stereocenters. The summed E-state index contributed by atoms with van der Waals surface area (Å²) in [6.45, 7) is 0. The molecular weight excluding hydrogens is 672 g/mol. The topological polar surface area (TPSA) is 61.3 Å². The molecule has 4 rings (SSSR count). The van der Waals surface area contributed by atoms with Gasteiger partial charge in [-0.2, -0.15) is 0 Å². The van der Waals surface area contributed by atoms with E-state index >= 15 is 0 Å². The van der Waals surface area contributed by atoms with E-state index in [-0.39, 0.29) is 23.4 Å². The van der Waals surface area contributed by atoms with Crippen molar-refractivity contribution in [1.29, 1.82) is 0 Å². The van der Waals surface area contributed by atoms with E-state index in [4.69, 9.17) is 5.37 Å². The van der Waals surface area contributed by atoms with E-state index in [1.807, 2.05) is 121 Å². The van der Waals surface area contributed by atoms with Gasteiger partial charge in [0.15, 0.2) is 0 Å². The monoisotopic (exact) mass is 698 g/mol. The van der Waals surface area contributed by atoms with Crippen LogP contribution in [0.5, 0.6) is 0 Å². The summed E-state index contributed by atoms with van der Waals surface area (Å²) < 4.78 is 14.6. The standard InChI is InChI=1S/2C8H8O2S.2C6H5.Pb/c2*9-8(10)6-11-7-4-2-1-3-5-7;2*1-2-4-6-5-3-1;/h2*1-5H,6H2,(H,9,10);2*1-5H;/q;;;;+2. The van der Waals surface area contributed by atoms with E-state index in [0.29, 0.717) is 0 Å². The first-order chi connectivity index (χ1) is 17.2. The van der Waals surface area contributed by atoms with E-state index in [1.165, 1.54) is 23.5 Å². The molecule has 0 bridgehead atoms. The van der Waals surface area contributed by atoms with Gasteiger partial charge >= 0.3 is 221 Å². The molecule has 0 aromatic heterocycles. The van der Waals surface area contributed by atoms with Crippen LogP contribution in [-0.4, -0.2) is 55.1 Å². The number of thioether (sulfide) groups is 2. The van der Waals surface area contributed by atoms with Gasteiger partial charge in [-0.25, -0.2) is 0 Å². The van der Waals surface area contributed by atoms with Crippen LogP contribution in [0.4, 0.5) is 0 Å². The first kappa shape index (κ1) is 25.5.